The van der Waals surface area contributed by atoms with Crippen molar-refractivity contribution in [1.29, 1.82) is 0 Å². The molecule has 2 unspecified atom stereocenters. The number of hydrogen-bond acceptors (Lipinski definition) is 2. The first-order valence-corrected chi connectivity index (χ1v) is 13.6. The highest BCUT2D eigenvalue weighted by Crippen LogP contribution is 2.67. The molecule has 0 aromatic rings. The average molecular weight is 449 g/mol. The molecule has 0 heterocycles. The van der Waals surface area contributed by atoms with Crippen LogP contribution in [0, 0.1) is 46.3 Å². The fourth-order valence-electron chi connectivity index (χ4n) is 8.88. The van der Waals surface area contributed by atoms with Gasteiger partial charge in [-0.05, 0) is 91.3 Å². The van der Waals surface area contributed by atoms with E-state index in [-0.39, 0.29) is 6.10 Å². The molecule has 4 aliphatic rings. The van der Waals surface area contributed by atoms with Gasteiger partial charge in [0, 0.05) is 18.0 Å². The molecular weight excluding hydrogens is 404 g/mol. The fourth-order valence-corrected chi connectivity index (χ4v) is 9.01. The van der Waals surface area contributed by atoms with Crippen molar-refractivity contribution >= 4 is 17.0 Å². The lowest BCUT2D eigenvalue weighted by atomic mass is 9.47. The predicted molar refractivity (Wildman–Crippen MR) is 129 cm³/mol. The molecule has 0 aromatic carbocycles. The van der Waals surface area contributed by atoms with Crippen LogP contribution in [-0.4, -0.2) is 11.5 Å². The minimum atomic E-state index is -0.643. The summed E-state index contributed by atoms with van der Waals surface area (Å²) in [4.78, 5) is 11.2. The molecular formula is C28H45ClO2. The van der Waals surface area contributed by atoms with E-state index < -0.39 is 5.43 Å². The number of carbonyl (C=O) groups excluding carboxylic acids is 1. The Balaban J connectivity index is 1.47. The molecule has 0 radical (unpaired) electrons. The van der Waals surface area contributed by atoms with Crippen LogP contribution in [0.4, 0.5) is 4.79 Å². The lowest BCUT2D eigenvalue weighted by Crippen LogP contribution is -2.51. The van der Waals surface area contributed by atoms with Gasteiger partial charge in [0.25, 0.3) is 0 Å². The summed E-state index contributed by atoms with van der Waals surface area (Å²) in [5, 5.41) is 0. The lowest BCUT2D eigenvalue weighted by Gasteiger charge is -2.58. The van der Waals surface area contributed by atoms with Crippen molar-refractivity contribution in [1.82, 2.24) is 0 Å². The molecule has 3 saturated carbocycles. The van der Waals surface area contributed by atoms with Gasteiger partial charge < -0.3 is 4.74 Å². The molecule has 4 rings (SSSR count). The Morgan fingerprint density at radius 3 is 2.58 bits per heavy atom. The van der Waals surface area contributed by atoms with Gasteiger partial charge in [0.15, 0.2) is 0 Å². The maximum atomic E-state index is 11.2. The summed E-state index contributed by atoms with van der Waals surface area (Å²) in [6.45, 7) is 12.5. The van der Waals surface area contributed by atoms with Crippen molar-refractivity contribution in [3.05, 3.63) is 11.6 Å². The van der Waals surface area contributed by atoms with Crippen LogP contribution >= 0.6 is 11.6 Å². The Hall–Kier alpha value is -0.500. The van der Waals surface area contributed by atoms with Crippen molar-refractivity contribution in [3.8, 4) is 0 Å². The number of fused-ring (bicyclic) bond motifs is 5. The number of halogens is 1. The number of carbonyl (C=O) groups is 1. The van der Waals surface area contributed by atoms with Gasteiger partial charge in [-0.1, -0.05) is 65.5 Å². The van der Waals surface area contributed by atoms with Crippen LogP contribution in [0.25, 0.3) is 0 Å². The second-order valence-corrected chi connectivity index (χ2v) is 12.8. The van der Waals surface area contributed by atoms with Crippen LogP contribution in [0.15, 0.2) is 11.6 Å². The SMILES string of the molecule is CC(C)CCC[C@@H](C)C1CC[C@H]2[C@@H]3CC=C4CC(OC(=O)Cl)CC[C@]4(C)[C@H]3CC[C@]12C. The van der Waals surface area contributed by atoms with Gasteiger partial charge in [-0.3, -0.25) is 0 Å². The minimum Gasteiger partial charge on any atom is -0.450 e. The van der Waals surface area contributed by atoms with E-state index in [4.69, 9.17) is 16.3 Å². The summed E-state index contributed by atoms with van der Waals surface area (Å²) in [6.07, 6.45) is 16.7. The lowest BCUT2D eigenvalue weighted by molar-refractivity contribution is -0.0573. The highest BCUT2D eigenvalue weighted by molar-refractivity contribution is 6.61. The molecule has 0 saturated heterocycles. The smallest absolute Gasteiger partial charge is 0.404 e. The Labute approximate surface area is 195 Å². The summed E-state index contributed by atoms with van der Waals surface area (Å²) in [7, 11) is 0. The van der Waals surface area contributed by atoms with Crippen LogP contribution < -0.4 is 0 Å². The van der Waals surface area contributed by atoms with Crippen LogP contribution in [0.5, 0.6) is 0 Å². The number of allylic oxidation sites excluding steroid dienone is 1. The highest BCUT2D eigenvalue weighted by atomic mass is 35.5. The monoisotopic (exact) mass is 448 g/mol. The zero-order chi connectivity index (χ0) is 22.4. The van der Waals surface area contributed by atoms with Gasteiger partial charge in [0.2, 0.25) is 0 Å². The van der Waals surface area contributed by atoms with E-state index in [1.807, 2.05) is 0 Å². The Morgan fingerprint density at radius 2 is 1.87 bits per heavy atom. The first kappa shape index (κ1) is 23.7. The van der Waals surface area contributed by atoms with Crippen LogP contribution in [0.3, 0.4) is 0 Å². The summed E-state index contributed by atoms with van der Waals surface area (Å²) >= 11 is 5.51. The molecule has 3 heteroatoms. The summed E-state index contributed by atoms with van der Waals surface area (Å²) in [5.41, 5.74) is 1.77. The van der Waals surface area contributed by atoms with Crippen molar-refractivity contribution in [2.45, 2.75) is 111 Å². The second-order valence-electron chi connectivity index (χ2n) is 12.5. The van der Waals surface area contributed by atoms with E-state index in [9.17, 15) is 4.79 Å². The third-order valence-electron chi connectivity index (χ3n) is 10.5. The Bertz CT molecular complexity index is 699. The van der Waals surface area contributed by atoms with Gasteiger partial charge in [0.05, 0.1) is 0 Å². The molecule has 0 bridgehead atoms. The topological polar surface area (TPSA) is 26.3 Å². The summed E-state index contributed by atoms with van der Waals surface area (Å²) < 4.78 is 5.38. The van der Waals surface area contributed by atoms with Gasteiger partial charge in [-0.2, -0.15) is 0 Å². The first-order chi connectivity index (χ1) is 14.6. The fraction of sp³-hybridized carbons (Fsp3) is 0.893. The minimum absolute atomic E-state index is 0.0164. The molecule has 0 amide bonds. The molecule has 4 aliphatic carbocycles. The summed E-state index contributed by atoms with van der Waals surface area (Å²) in [6, 6.07) is 0. The van der Waals surface area contributed by atoms with E-state index in [0.717, 1.165) is 54.8 Å². The van der Waals surface area contributed by atoms with Gasteiger partial charge in [0.1, 0.15) is 6.10 Å². The molecule has 0 N–H and O–H groups in total. The third-order valence-corrected chi connectivity index (χ3v) is 10.6. The van der Waals surface area contributed by atoms with Crippen molar-refractivity contribution in [3.63, 3.8) is 0 Å². The molecule has 3 fully saturated rings. The molecule has 2 nitrogen and oxygen atoms in total. The van der Waals surface area contributed by atoms with Crippen molar-refractivity contribution < 1.29 is 9.53 Å². The Morgan fingerprint density at radius 1 is 1.10 bits per heavy atom. The number of rotatable bonds is 6. The normalized spacial score (nSPS) is 42.9. The average Bonchev–Trinajstić information content (AvgIpc) is 3.05. The van der Waals surface area contributed by atoms with Crippen LogP contribution in [-0.2, 0) is 4.74 Å². The van der Waals surface area contributed by atoms with Crippen molar-refractivity contribution in [2.24, 2.45) is 46.3 Å². The second kappa shape index (κ2) is 9.03. The molecule has 31 heavy (non-hydrogen) atoms. The van der Waals surface area contributed by atoms with E-state index in [1.54, 1.807) is 5.57 Å². The third kappa shape index (κ3) is 4.36. The molecule has 176 valence electrons. The van der Waals surface area contributed by atoms with Crippen LogP contribution in [0.1, 0.15) is 105 Å². The van der Waals surface area contributed by atoms with Crippen molar-refractivity contribution in [2.75, 3.05) is 0 Å². The van der Waals surface area contributed by atoms with E-state index in [1.165, 1.54) is 51.4 Å². The van der Waals surface area contributed by atoms with Gasteiger partial charge in [-0.25, -0.2) is 4.79 Å². The van der Waals surface area contributed by atoms with E-state index in [2.05, 4.69) is 40.7 Å². The highest BCUT2D eigenvalue weighted by Gasteiger charge is 2.59. The zero-order valence-corrected chi connectivity index (χ0v) is 21.3. The maximum absolute atomic E-state index is 11.2. The molecule has 8 atom stereocenters. The Kier molecular flexibility index (Phi) is 6.89. The molecule has 0 spiro atoms. The number of ether oxygens (including phenoxy) is 1. The van der Waals surface area contributed by atoms with E-state index in [0.29, 0.717) is 10.8 Å². The first-order valence-electron chi connectivity index (χ1n) is 13.2. The van der Waals surface area contributed by atoms with E-state index >= 15 is 0 Å². The molecule has 0 aliphatic heterocycles. The quantitative estimate of drug-likeness (QED) is 0.299. The molecule has 0 aromatic heterocycles. The largest absolute Gasteiger partial charge is 0.450 e. The van der Waals surface area contributed by atoms with Gasteiger partial charge >= 0.3 is 5.43 Å². The summed E-state index contributed by atoms with van der Waals surface area (Å²) in [5.74, 6) is 5.19. The number of hydrogen-bond donors (Lipinski definition) is 0. The van der Waals surface area contributed by atoms with Gasteiger partial charge in [-0.15, -0.1) is 0 Å². The standard InChI is InChI=1S/C28H45ClO2/c1-18(2)7-6-8-19(3)23-11-12-24-22-10-9-20-17-21(31-26(29)30)13-15-27(20,4)25(22)14-16-28(23,24)5/h9,18-19,21-25H,6-8,10-17H2,1-5H3/t19-,21?,22+,23?,24+,25+,27+,28-/m1/s1. The zero-order valence-electron chi connectivity index (χ0n) is 20.6. The predicted octanol–water partition coefficient (Wildman–Crippen LogP) is 8.77. The van der Waals surface area contributed by atoms with Crippen LogP contribution in [0.2, 0.25) is 0 Å². The maximum Gasteiger partial charge on any atom is 0.404 e.